The van der Waals surface area contributed by atoms with Gasteiger partial charge in [-0.3, -0.25) is 4.79 Å². The van der Waals surface area contributed by atoms with Crippen molar-refractivity contribution in [3.8, 4) is 0 Å². The van der Waals surface area contributed by atoms with E-state index < -0.39 is 0 Å². The molecule has 0 bridgehead atoms. The second-order valence-corrected chi connectivity index (χ2v) is 4.70. The fourth-order valence-electron chi connectivity index (χ4n) is 1.80. The number of pyridine rings is 1. The summed E-state index contributed by atoms with van der Waals surface area (Å²) in [5.74, 6) is 0.357. The summed E-state index contributed by atoms with van der Waals surface area (Å²) in [7, 11) is 0. The van der Waals surface area contributed by atoms with Crippen molar-refractivity contribution >= 4 is 17.4 Å². The van der Waals surface area contributed by atoms with Gasteiger partial charge in [0, 0.05) is 5.56 Å². The molecule has 0 unspecified atom stereocenters. The van der Waals surface area contributed by atoms with Crippen LogP contribution in [0.2, 0.25) is 0 Å². The molecule has 1 heterocycles. The van der Waals surface area contributed by atoms with E-state index in [-0.39, 0.29) is 5.91 Å². The summed E-state index contributed by atoms with van der Waals surface area (Å²) in [4.78, 5) is 16.3. The highest BCUT2D eigenvalue weighted by Gasteiger charge is 2.10. The maximum absolute atomic E-state index is 12.2. The SMILES string of the molecule is Cc1ccc(C)c(C(=O)Nc2cc(C)c(N)cn2)c1. The summed E-state index contributed by atoms with van der Waals surface area (Å²) in [6.07, 6.45) is 1.55. The Morgan fingerprint density at radius 3 is 2.58 bits per heavy atom. The lowest BCUT2D eigenvalue weighted by atomic mass is 10.1. The van der Waals surface area contributed by atoms with Gasteiger partial charge in [-0.25, -0.2) is 4.98 Å². The molecule has 1 aromatic heterocycles. The van der Waals surface area contributed by atoms with Crippen molar-refractivity contribution in [2.75, 3.05) is 11.1 Å². The zero-order valence-electron chi connectivity index (χ0n) is 11.3. The Labute approximate surface area is 112 Å². The van der Waals surface area contributed by atoms with Crippen LogP contribution in [0.1, 0.15) is 27.0 Å². The maximum Gasteiger partial charge on any atom is 0.257 e. The Hall–Kier alpha value is -2.36. The predicted octanol–water partition coefficient (Wildman–Crippen LogP) is 2.84. The Morgan fingerprint density at radius 1 is 1.16 bits per heavy atom. The molecule has 0 fully saturated rings. The number of rotatable bonds is 2. The number of nitrogens with zero attached hydrogens (tertiary/aromatic N) is 1. The van der Waals surface area contributed by atoms with Crippen LogP contribution in [-0.2, 0) is 0 Å². The van der Waals surface area contributed by atoms with Crippen molar-refractivity contribution in [3.05, 3.63) is 52.7 Å². The molecule has 0 saturated carbocycles. The van der Waals surface area contributed by atoms with Gasteiger partial charge in [0.25, 0.3) is 5.91 Å². The molecule has 0 atom stereocenters. The second kappa shape index (κ2) is 5.10. The second-order valence-electron chi connectivity index (χ2n) is 4.70. The van der Waals surface area contributed by atoms with Crippen LogP contribution in [0.15, 0.2) is 30.5 Å². The van der Waals surface area contributed by atoms with Crippen molar-refractivity contribution < 1.29 is 4.79 Å². The van der Waals surface area contributed by atoms with Crippen LogP contribution in [0.4, 0.5) is 11.5 Å². The first kappa shape index (κ1) is 13.1. The van der Waals surface area contributed by atoms with E-state index in [2.05, 4.69) is 10.3 Å². The third kappa shape index (κ3) is 2.91. The number of anilines is 2. The molecule has 0 aliphatic heterocycles. The van der Waals surface area contributed by atoms with Gasteiger partial charge in [-0.05, 0) is 44.0 Å². The van der Waals surface area contributed by atoms with E-state index in [9.17, 15) is 4.79 Å². The van der Waals surface area contributed by atoms with Crippen LogP contribution in [-0.4, -0.2) is 10.9 Å². The van der Waals surface area contributed by atoms with E-state index in [0.29, 0.717) is 17.1 Å². The summed E-state index contributed by atoms with van der Waals surface area (Å²) in [6.45, 7) is 5.75. The first-order valence-electron chi connectivity index (χ1n) is 6.08. The molecule has 19 heavy (non-hydrogen) atoms. The highest BCUT2D eigenvalue weighted by atomic mass is 16.1. The molecule has 0 radical (unpaired) electrons. The van der Waals surface area contributed by atoms with Crippen LogP contribution < -0.4 is 11.1 Å². The van der Waals surface area contributed by atoms with Crippen molar-refractivity contribution in [3.63, 3.8) is 0 Å². The highest BCUT2D eigenvalue weighted by molar-refractivity contribution is 6.05. The smallest absolute Gasteiger partial charge is 0.257 e. The van der Waals surface area contributed by atoms with Crippen molar-refractivity contribution in [2.45, 2.75) is 20.8 Å². The number of carbonyl (C=O) groups excluding carboxylic acids is 1. The van der Waals surface area contributed by atoms with Gasteiger partial charge in [0.2, 0.25) is 0 Å². The molecule has 98 valence electrons. The van der Waals surface area contributed by atoms with Crippen molar-refractivity contribution in [1.29, 1.82) is 0 Å². The first-order chi connectivity index (χ1) is 8.97. The van der Waals surface area contributed by atoms with E-state index in [0.717, 1.165) is 16.7 Å². The number of hydrogen-bond donors (Lipinski definition) is 2. The molecule has 2 rings (SSSR count). The van der Waals surface area contributed by atoms with E-state index in [4.69, 9.17) is 5.73 Å². The minimum atomic E-state index is -0.155. The maximum atomic E-state index is 12.2. The van der Waals surface area contributed by atoms with Crippen LogP contribution >= 0.6 is 0 Å². The quantitative estimate of drug-likeness (QED) is 0.867. The average Bonchev–Trinajstić information content (AvgIpc) is 2.36. The summed E-state index contributed by atoms with van der Waals surface area (Å²) in [5.41, 5.74) is 9.87. The lowest BCUT2D eigenvalue weighted by molar-refractivity contribution is 0.102. The Kier molecular flexibility index (Phi) is 3.51. The van der Waals surface area contributed by atoms with Gasteiger partial charge in [-0.2, -0.15) is 0 Å². The highest BCUT2D eigenvalue weighted by Crippen LogP contribution is 2.16. The van der Waals surface area contributed by atoms with Crippen LogP contribution in [0.25, 0.3) is 0 Å². The minimum absolute atomic E-state index is 0.155. The van der Waals surface area contributed by atoms with Gasteiger partial charge in [-0.15, -0.1) is 0 Å². The molecule has 1 aromatic carbocycles. The van der Waals surface area contributed by atoms with E-state index >= 15 is 0 Å². The van der Waals surface area contributed by atoms with Gasteiger partial charge in [0.05, 0.1) is 11.9 Å². The standard InChI is InChI=1S/C15H17N3O/c1-9-4-5-10(2)12(6-9)15(19)18-14-7-11(3)13(16)8-17-14/h4-8H,16H2,1-3H3,(H,17,18,19). The molecule has 4 heteroatoms. The van der Waals surface area contributed by atoms with Crippen molar-refractivity contribution in [1.82, 2.24) is 4.98 Å². The van der Waals surface area contributed by atoms with Gasteiger partial charge in [-0.1, -0.05) is 17.7 Å². The zero-order valence-corrected chi connectivity index (χ0v) is 11.3. The zero-order chi connectivity index (χ0) is 14.0. The number of nitrogens with one attached hydrogen (secondary N) is 1. The van der Waals surface area contributed by atoms with E-state index in [1.807, 2.05) is 39.0 Å². The summed E-state index contributed by atoms with van der Waals surface area (Å²) >= 11 is 0. The Balaban J connectivity index is 2.25. The molecule has 1 amide bonds. The summed E-state index contributed by atoms with van der Waals surface area (Å²) in [6, 6.07) is 7.55. The number of aromatic nitrogens is 1. The van der Waals surface area contributed by atoms with Gasteiger partial charge in [0.1, 0.15) is 5.82 Å². The van der Waals surface area contributed by atoms with Crippen LogP contribution in [0, 0.1) is 20.8 Å². The number of aryl methyl sites for hydroxylation is 3. The number of nitrogens with two attached hydrogens (primary N) is 1. The number of benzene rings is 1. The molecule has 0 spiro atoms. The molecular formula is C15H17N3O. The molecule has 0 saturated heterocycles. The molecule has 4 nitrogen and oxygen atoms in total. The van der Waals surface area contributed by atoms with Gasteiger partial charge >= 0.3 is 0 Å². The predicted molar refractivity (Wildman–Crippen MR) is 77.3 cm³/mol. The average molecular weight is 255 g/mol. The van der Waals surface area contributed by atoms with E-state index in [1.54, 1.807) is 12.3 Å². The number of nitrogen functional groups attached to an aromatic ring is 1. The van der Waals surface area contributed by atoms with E-state index in [1.165, 1.54) is 0 Å². The normalized spacial score (nSPS) is 10.3. The molecular weight excluding hydrogens is 238 g/mol. The van der Waals surface area contributed by atoms with Gasteiger partial charge < -0.3 is 11.1 Å². The van der Waals surface area contributed by atoms with Crippen molar-refractivity contribution in [2.24, 2.45) is 0 Å². The summed E-state index contributed by atoms with van der Waals surface area (Å²) in [5, 5.41) is 2.79. The van der Waals surface area contributed by atoms with Crippen LogP contribution in [0.5, 0.6) is 0 Å². The number of amides is 1. The minimum Gasteiger partial charge on any atom is -0.397 e. The number of carbonyl (C=O) groups is 1. The Bertz CT molecular complexity index is 635. The summed E-state index contributed by atoms with van der Waals surface area (Å²) < 4.78 is 0. The first-order valence-corrected chi connectivity index (χ1v) is 6.08. The molecule has 0 aliphatic rings. The van der Waals surface area contributed by atoms with Crippen LogP contribution in [0.3, 0.4) is 0 Å². The number of hydrogen-bond acceptors (Lipinski definition) is 3. The van der Waals surface area contributed by atoms with Gasteiger partial charge in [0.15, 0.2) is 0 Å². The topological polar surface area (TPSA) is 68.0 Å². The monoisotopic (exact) mass is 255 g/mol. The lowest BCUT2D eigenvalue weighted by Crippen LogP contribution is -2.14. The molecule has 0 aliphatic carbocycles. The molecule has 3 N–H and O–H groups in total. The third-order valence-electron chi connectivity index (χ3n) is 3.03. The lowest BCUT2D eigenvalue weighted by Gasteiger charge is -2.09. The fraction of sp³-hybridized carbons (Fsp3) is 0.200. The third-order valence-corrected chi connectivity index (χ3v) is 3.03. The Morgan fingerprint density at radius 2 is 1.89 bits per heavy atom. The molecule has 2 aromatic rings. The largest absolute Gasteiger partial charge is 0.397 e. The fourth-order valence-corrected chi connectivity index (χ4v) is 1.80.